The number of urea groups is 1. The van der Waals surface area contributed by atoms with E-state index in [9.17, 15) is 14.0 Å². The molecule has 1 aromatic carbocycles. The highest BCUT2D eigenvalue weighted by Crippen LogP contribution is 2.31. The maximum absolute atomic E-state index is 13.1. The van der Waals surface area contributed by atoms with Crippen LogP contribution < -0.4 is 21.5 Å². The van der Waals surface area contributed by atoms with E-state index >= 15 is 0 Å². The molecule has 0 aliphatic rings. The monoisotopic (exact) mass is 469 g/mol. The van der Waals surface area contributed by atoms with E-state index in [0.717, 1.165) is 15.8 Å². The molecule has 3 aromatic heterocycles. The van der Waals surface area contributed by atoms with Crippen LogP contribution >= 0.6 is 11.3 Å². The molecule has 0 fully saturated rings. The van der Waals surface area contributed by atoms with E-state index in [-0.39, 0.29) is 0 Å². The summed E-state index contributed by atoms with van der Waals surface area (Å²) < 4.78 is 19.0. The van der Waals surface area contributed by atoms with E-state index in [1.54, 1.807) is 33.0 Å². The Kier molecular flexibility index (Phi) is 6.29. The van der Waals surface area contributed by atoms with Crippen molar-refractivity contribution in [1.29, 1.82) is 0 Å². The summed E-state index contributed by atoms with van der Waals surface area (Å²) in [5.74, 6) is -0.602. The van der Waals surface area contributed by atoms with Crippen LogP contribution in [0.4, 0.5) is 14.9 Å². The standard InChI is InChI=1S/C21H20FN7O3S/c1-10-17(11(2)32-29-10)26-21(31)27-18(19(30)28-23-3)20-25-14-6-4-12(8-15(14)33-20)13-5-7-16(22)24-9-13/h4-9,18,23H,1-3H3,(H,28,30)(H2,26,27,31). The van der Waals surface area contributed by atoms with Gasteiger partial charge in [-0.3, -0.25) is 10.2 Å². The van der Waals surface area contributed by atoms with Crippen molar-refractivity contribution in [3.05, 3.63) is 58.9 Å². The molecule has 0 bridgehead atoms. The summed E-state index contributed by atoms with van der Waals surface area (Å²) in [4.78, 5) is 33.5. The Hall–Kier alpha value is -3.90. The normalized spacial score (nSPS) is 11.9. The van der Waals surface area contributed by atoms with Gasteiger partial charge in [-0.15, -0.1) is 11.3 Å². The second-order valence-corrected chi connectivity index (χ2v) is 8.14. The highest BCUT2D eigenvalue weighted by atomic mass is 32.1. The van der Waals surface area contributed by atoms with Crippen LogP contribution in [0, 0.1) is 19.8 Å². The number of nitrogens with zero attached hydrogens (tertiary/aromatic N) is 3. The highest BCUT2D eigenvalue weighted by molar-refractivity contribution is 7.18. The lowest BCUT2D eigenvalue weighted by molar-refractivity contribution is -0.123. The number of carbonyl (C=O) groups excluding carboxylic acids is 2. The number of hydrogen-bond acceptors (Lipinski definition) is 8. The average molecular weight is 470 g/mol. The van der Waals surface area contributed by atoms with Crippen LogP contribution in [-0.4, -0.2) is 34.1 Å². The van der Waals surface area contributed by atoms with Gasteiger partial charge in [-0.2, -0.15) is 4.39 Å². The zero-order valence-corrected chi connectivity index (χ0v) is 18.7. The largest absolute Gasteiger partial charge is 0.359 e. The van der Waals surface area contributed by atoms with Crippen LogP contribution in [0.3, 0.4) is 0 Å². The van der Waals surface area contributed by atoms with Crippen LogP contribution in [0.5, 0.6) is 0 Å². The molecule has 1 unspecified atom stereocenters. The van der Waals surface area contributed by atoms with E-state index < -0.39 is 23.9 Å². The fraction of sp³-hybridized carbons (Fsp3) is 0.190. The van der Waals surface area contributed by atoms with Gasteiger partial charge in [-0.05, 0) is 43.7 Å². The van der Waals surface area contributed by atoms with Crippen molar-refractivity contribution in [2.24, 2.45) is 0 Å². The van der Waals surface area contributed by atoms with E-state index in [2.05, 4.69) is 36.6 Å². The van der Waals surface area contributed by atoms with E-state index in [1.807, 2.05) is 12.1 Å². The first kappa shape index (κ1) is 22.3. The number of amides is 3. The first-order valence-electron chi connectivity index (χ1n) is 9.85. The lowest BCUT2D eigenvalue weighted by atomic mass is 10.1. The van der Waals surface area contributed by atoms with Gasteiger partial charge in [-0.1, -0.05) is 11.2 Å². The van der Waals surface area contributed by atoms with Crippen LogP contribution in [0.2, 0.25) is 0 Å². The number of benzene rings is 1. The molecule has 0 spiro atoms. The summed E-state index contributed by atoms with van der Waals surface area (Å²) in [6, 6.07) is 6.75. The third-order valence-corrected chi connectivity index (χ3v) is 5.85. The van der Waals surface area contributed by atoms with Gasteiger partial charge < -0.3 is 15.2 Å². The van der Waals surface area contributed by atoms with Crippen molar-refractivity contribution in [2.45, 2.75) is 19.9 Å². The second-order valence-electron chi connectivity index (χ2n) is 7.07. The van der Waals surface area contributed by atoms with Crippen molar-refractivity contribution >= 4 is 39.2 Å². The molecular weight excluding hydrogens is 449 g/mol. The number of pyridine rings is 1. The molecule has 0 saturated carbocycles. The number of halogens is 1. The van der Waals surface area contributed by atoms with Gasteiger partial charge in [0.1, 0.15) is 16.4 Å². The number of fused-ring (bicyclic) bond motifs is 1. The predicted molar refractivity (Wildman–Crippen MR) is 121 cm³/mol. The van der Waals surface area contributed by atoms with E-state index in [0.29, 0.717) is 27.7 Å². The van der Waals surface area contributed by atoms with Crippen LogP contribution in [0.25, 0.3) is 21.3 Å². The molecule has 0 radical (unpaired) electrons. The maximum atomic E-state index is 13.1. The highest BCUT2D eigenvalue weighted by Gasteiger charge is 2.27. The number of anilines is 1. The lowest BCUT2D eigenvalue weighted by Crippen LogP contribution is -2.45. The zero-order chi connectivity index (χ0) is 23.5. The molecule has 33 heavy (non-hydrogen) atoms. The van der Waals surface area contributed by atoms with Crippen molar-refractivity contribution in [2.75, 3.05) is 12.4 Å². The Bertz CT molecular complexity index is 1300. The molecule has 170 valence electrons. The Balaban J connectivity index is 1.62. The number of hydrogen-bond donors (Lipinski definition) is 4. The molecule has 0 saturated heterocycles. The topological polar surface area (TPSA) is 134 Å². The van der Waals surface area contributed by atoms with Crippen molar-refractivity contribution in [3.63, 3.8) is 0 Å². The minimum Gasteiger partial charge on any atom is -0.359 e. The molecule has 4 aromatic rings. The summed E-state index contributed by atoms with van der Waals surface area (Å²) in [7, 11) is 1.54. The zero-order valence-electron chi connectivity index (χ0n) is 17.9. The second kappa shape index (κ2) is 9.30. The molecule has 10 nitrogen and oxygen atoms in total. The van der Waals surface area contributed by atoms with E-state index in [4.69, 9.17) is 4.52 Å². The van der Waals surface area contributed by atoms with Crippen LogP contribution in [-0.2, 0) is 4.79 Å². The van der Waals surface area contributed by atoms with Crippen molar-refractivity contribution in [3.8, 4) is 11.1 Å². The fourth-order valence-electron chi connectivity index (χ4n) is 3.17. The van der Waals surface area contributed by atoms with Gasteiger partial charge in [0, 0.05) is 18.8 Å². The van der Waals surface area contributed by atoms with Crippen molar-refractivity contribution < 1.29 is 18.5 Å². The predicted octanol–water partition coefficient (Wildman–Crippen LogP) is 3.22. The van der Waals surface area contributed by atoms with Gasteiger partial charge in [0.25, 0.3) is 5.91 Å². The number of carbonyl (C=O) groups is 2. The minimum absolute atomic E-state index is 0.390. The minimum atomic E-state index is -1.06. The summed E-state index contributed by atoms with van der Waals surface area (Å²) in [6.07, 6.45) is 1.45. The summed E-state index contributed by atoms with van der Waals surface area (Å²) in [6.45, 7) is 3.36. The third-order valence-electron chi connectivity index (χ3n) is 4.77. The fourth-order valence-corrected chi connectivity index (χ4v) is 4.23. The molecule has 12 heteroatoms. The SMILES string of the molecule is CNNC(=O)C(NC(=O)Nc1c(C)noc1C)c1nc2ccc(-c3ccc(F)nc3)cc2s1. The summed E-state index contributed by atoms with van der Waals surface area (Å²) in [5, 5.41) is 9.49. The Morgan fingerprint density at radius 1 is 1.15 bits per heavy atom. The number of aryl methyl sites for hydroxylation is 2. The van der Waals surface area contributed by atoms with Crippen LogP contribution in [0.15, 0.2) is 41.1 Å². The van der Waals surface area contributed by atoms with Gasteiger partial charge in [-0.25, -0.2) is 20.2 Å². The molecule has 4 rings (SSSR count). The van der Waals surface area contributed by atoms with Gasteiger partial charge >= 0.3 is 6.03 Å². The van der Waals surface area contributed by atoms with Gasteiger partial charge in [0.2, 0.25) is 5.95 Å². The number of rotatable bonds is 6. The Labute approximate surface area is 191 Å². The molecule has 1 atom stereocenters. The lowest BCUT2D eigenvalue weighted by Gasteiger charge is -2.16. The van der Waals surface area contributed by atoms with Crippen molar-refractivity contribution in [1.82, 2.24) is 31.3 Å². The Morgan fingerprint density at radius 2 is 1.94 bits per heavy atom. The van der Waals surface area contributed by atoms with Gasteiger partial charge in [0.05, 0.1) is 10.2 Å². The average Bonchev–Trinajstić information content (AvgIpc) is 3.35. The van der Waals surface area contributed by atoms with E-state index in [1.165, 1.54) is 23.6 Å². The first-order valence-corrected chi connectivity index (χ1v) is 10.7. The molecule has 0 aliphatic heterocycles. The quantitative estimate of drug-likeness (QED) is 0.252. The smallest absolute Gasteiger partial charge is 0.320 e. The molecule has 3 amide bonds. The first-order chi connectivity index (χ1) is 15.9. The number of hydrazine groups is 1. The molecule has 0 aliphatic carbocycles. The molecular formula is C21H20FN7O3S. The summed E-state index contributed by atoms with van der Waals surface area (Å²) in [5.41, 5.74) is 8.22. The number of aromatic nitrogens is 3. The number of nitrogens with one attached hydrogen (secondary N) is 4. The maximum Gasteiger partial charge on any atom is 0.320 e. The van der Waals surface area contributed by atoms with Gasteiger partial charge in [0.15, 0.2) is 11.8 Å². The molecule has 4 N–H and O–H groups in total. The third kappa shape index (κ3) is 4.81. The Morgan fingerprint density at radius 3 is 2.61 bits per heavy atom. The molecule has 3 heterocycles. The number of thiazole rings is 1. The summed E-state index contributed by atoms with van der Waals surface area (Å²) >= 11 is 1.26. The van der Waals surface area contributed by atoms with Crippen LogP contribution in [0.1, 0.15) is 22.5 Å².